The van der Waals surface area contributed by atoms with E-state index in [2.05, 4.69) is 27.0 Å². The molecule has 0 aromatic carbocycles. The predicted octanol–water partition coefficient (Wildman–Crippen LogP) is 1.79. The Morgan fingerprint density at radius 3 is 2.96 bits per heavy atom. The Morgan fingerprint density at radius 1 is 1.27 bits per heavy atom. The Bertz CT molecular complexity index is 969. The summed E-state index contributed by atoms with van der Waals surface area (Å²) >= 11 is 0. The average molecular weight is 353 g/mol. The normalized spacial score (nSPS) is 23.0. The van der Waals surface area contributed by atoms with Crippen LogP contribution >= 0.6 is 0 Å². The number of ether oxygens (including phenoxy) is 1. The summed E-state index contributed by atoms with van der Waals surface area (Å²) in [5.74, 6) is 2.58. The van der Waals surface area contributed by atoms with Crippen molar-refractivity contribution < 1.29 is 4.74 Å². The lowest BCUT2D eigenvalue weighted by Gasteiger charge is -2.32. The van der Waals surface area contributed by atoms with Gasteiger partial charge in [-0.1, -0.05) is 6.92 Å². The molecule has 0 radical (unpaired) electrons. The fourth-order valence-corrected chi connectivity index (χ4v) is 4.28. The van der Waals surface area contributed by atoms with Gasteiger partial charge in [0.25, 0.3) is 0 Å². The number of imidazole rings is 1. The Hall–Kier alpha value is -2.48. The van der Waals surface area contributed by atoms with E-state index in [9.17, 15) is 0 Å². The molecular weight excluding hydrogens is 330 g/mol. The SMILES string of the molecule is Cc1nc([C@@H]2CCOC2)c2c(N3Cc4c(cnn4C)C(C)C3)ncnn12. The molecule has 1 unspecified atom stereocenters. The zero-order valence-corrected chi connectivity index (χ0v) is 15.4. The first kappa shape index (κ1) is 15.7. The van der Waals surface area contributed by atoms with Crippen LogP contribution in [0.1, 0.15) is 48.0 Å². The zero-order chi connectivity index (χ0) is 17.8. The van der Waals surface area contributed by atoms with Crippen LogP contribution in [0.25, 0.3) is 5.52 Å². The zero-order valence-electron chi connectivity index (χ0n) is 15.4. The van der Waals surface area contributed by atoms with Gasteiger partial charge in [0.05, 0.1) is 30.7 Å². The molecule has 3 aromatic heterocycles. The lowest BCUT2D eigenvalue weighted by atomic mass is 9.96. The fraction of sp³-hybridized carbons (Fsp3) is 0.556. The maximum Gasteiger partial charge on any atom is 0.158 e. The average Bonchev–Trinajstić information content (AvgIpc) is 3.35. The number of hydrogen-bond donors (Lipinski definition) is 0. The van der Waals surface area contributed by atoms with Crippen LogP contribution in [0.3, 0.4) is 0 Å². The molecule has 8 heteroatoms. The van der Waals surface area contributed by atoms with E-state index in [1.54, 1.807) is 6.33 Å². The van der Waals surface area contributed by atoms with E-state index in [4.69, 9.17) is 9.72 Å². The van der Waals surface area contributed by atoms with E-state index in [0.717, 1.165) is 55.6 Å². The molecule has 2 atom stereocenters. The molecule has 136 valence electrons. The van der Waals surface area contributed by atoms with Crippen LogP contribution in [0.4, 0.5) is 5.82 Å². The van der Waals surface area contributed by atoms with Crippen LogP contribution in [-0.2, 0) is 18.3 Å². The quantitative estimate of drug-likeness (QED) is 0.699. The van der Waals surface area contributed by atoms with Gasteiger partial charge in [-0.15, -0.1) is 0 Å². The highest BCUT2D eigenvalue weighted by Crippen LogP contribution is 2.36. The van der Waals surface area contributed by atoms with E-state index >= 15 is 0 Å². The number of fused-ring (bicyclic) bond motifs is 2. The van der Waals surface area contributed by atoms with Gasteiger partial charge in [0, 0.05) is 32.0 Å². The number of nitrogens with zero attached hydrogens (tertiary/aromatic N) is 7. The van der Waals surface area contributed by atoms with Crippen LogP contribution in [-0.4, -0.2) is 49.1 Å². The first-order valence-electron chi connectivity index (χ1n) is 9.17. The summed E-state index contributed by atoms with van der Waals surface area (Å²) in [5, 5.41) is 8.90. The van der Waals surface area contributed by atoms with Crippen molar-refractivity contribution >= 4 is 11.3 Å². The molecular formula is C18H23N7O. The molecule has 3 aromatic rings. The Morgan fingerprint density at radius 2 is 2.15 bits per heavy atom. The van der Waals surface area contributed by atoms with Gasteiger partial charge in [-0.3, -0.25) is 4.68 Å². The molecule has 2 aliphatic rings. The summed E-state index contributed by atoms with van der Waals surface area (Å²) in [6.07, 6.45) is 4.63. The summed E-state index contributed by atoms with van der Waals surface area (Å²) in [6.45, 7) is 7.48. The molecule has 26 heavy (non-hydrogen) atoms. The number of aryl methyl sites for hydroxylation is 2. The second-order valence-electron chi connectivity index (χ2n) is 7.40. The monoisotopic (exact) mass is 353 g/mol. The van der Waals surface area contributed by atoms with Crippen LogP contribution in [0, 0.1) is 6.92 Å². The minimum absolute atomic E-state index is 0.318. The van der Waals surface area contributed by atoms with Crippen molar-refractivity contribution in [2.24, 2.45) is 7.05 Å². The second-order valence-corrected chi connectivity index (χ2v) is 7.40. The molecule has 2 aliphatic heterocycles. The highest BCUT2D eigenvalue weighted by molar-refractivity contribution is 5.73. The molecule has 0 aliphatic carbocycles. The lowest BCUT2D eigenvalue weighted by Crippen LogP contribution is -2.34. The van der Waals surface area contributed by atoms with Crippen molar-refractivity contribution in [3.63, 3.8) is 0 Å². The van der Waals surface area contributed by atoms with Gasteiger partial charge in [-0.05, 0) is 18.9 Å². The molecule has 0 amide bonds. The molecule has 5 heterocycles. The first-order chi connectivity index (χ1) is 12.6. The third-order valence-electron chi connectivity index (χ3n) is 5.68. The molecule has 1 fully saturated rings. The van der Waals surface area contributed by atoms with Crippen LogP contribution < -0.4 is 4.90 Å². The number of anilines is 1. The van der Waals surface area contributed by atoms with E-state index in [1.807, 2.05) is 29.4 Å². The Kier molecular flexibility index (Phi) is 3.49. The van der Waals surface area contributed by atoms with Crippen molar-refractivity contribution in [2.45, 2.75) is 38.6 Å². The Labute approximate surface area is 151 Å². The van der Waals surface area contributed by atoms with E-state index < -0.39 is 0 Å². The molecule has 0 saturated carbocycles. The minimum atomic E-state index is 0.318. The minimum Gasteiger partial charge on any atom is -0.381 e. The summed E-state index contributed by atoms with van der Waals surface area (Å²) in [6, 6.07) is 0. The third kappa shape index (κ3) is 2.25. The van der Waals surface area contributed by atoms with Gasteiger partial charge in [-0.25, -0.2) is 14.5 Å². The van der Waals surface area contributed by atoms with E-state index in [1.165, 1.54) is 11.3 Å². The molecule has 0 bridgehead atoms. The highest BCUT2D eigenvalue weighted by Gasteiger charge is 2.31. The maximum atomic E-state index is 5.61. The molecule has 1 saturated heterocycles. The fourth-order valence-electron chi connectivity index (χ4n) is 4.28. The lowest BCUT2D eigenvalue weighted by molar-refractivity contribution is 0.193. The van der Waals surface area contributed by atoms with Gasteiger partial charge in [0.15, 0.2) is 5.82 Å². The van der Waals surface area contributed by atoms with Crippen molar-refractivity contribution in [3.05, 3.63) is 35.3 Å². The van der Waals surface area contributed by atoms with Crippen LogP contribution in [0.15, 0.2) is 12.5 Å². The van der Waals surface area contributed by atoms with Crippen molar-refractivity contribution in [2.75, 3.05) is 24.7 Å². The summed E-state index contributed by atoms with van der Waals surface area (Å²) in [7, 11) is 2.01. The van der Waals surface area contributed by atoms with Gasteiger partial charge in [0.1, 0.15) is 17.7 Å². The predicted molar refractivity (Wildman–Crippen MR) is 96.4 cm³/mol. The smallest absolute Gasteiger partial charge is 0.158 e. The van der Waals surface area contributed by atoms with Gasteiger partial charge in [0.2, 0.25) is 0 Å². The van der Waals surface area contributed by atoms with Crippen molar-refractivity contribution in [1.29, 1.82) is 0 Å². The highest BCUT2D eigenvalue weighted by atomic mass is 16.5. The largest absolute Gasteiger partial charge is 0.381 e. The van der Waals surface area contributed by atoms with E-state index in [-0.39, 0.29) is 0 Å². The number of rotatable bonds is 2. The summed E-state index contributed by atoms with van der Waals surface area (Å²) in [5.41, 5.74) is 4.68. The van der Waals surface area contributed by atoms with Crippen molar-refractivity contribution in [1.82, 2.24) is 29.4 Å². The standard InChI is InChI=1S/C18H23N7O/c1-11-7-24(8-15-14(11)6-20-23(15)3)18-17-16(13-4-5-26-9-13)22-12(2)25(17)21-10-19-18/h6,10-11,13H,4-5,7-9H2,1-3H3/t11?,13-/m1/s1. The summed E-state index contributed by atoms with van der Waals surface area (Å²) < 4.78 is 9.51. The molecule has 8 nitrogen and oxygen atoms in total. The molecule has 0 N–H and O–H groups in total. The van der Waals surface area contributed by atoms with Gasteiger partial charge >= 0.3 is 0 Å². The third-order valence-corrected chi connectivity index (χ3v) is 5.68. The molecule has 0 spiro atoms. The van der Waals surface area contributed by atoms with Crippen LogP contribution in [0.5, 0.6) is 0 Å². The first-order valence-corrected chi connectivity index (χ1v) is 9.17. The van der Waals surface area contributed by atoms with Crippen LogP contribution in [0.2, 0.25) is 0 Å². The number of aromatic nitrogens is 6. The topological polar surface area (TPSA) is 73.4 Å². The second kappa shape index (κ2) is 5.77. The van der Waals surface area contributed by atoms with Crippen molar-refractivity contribution in [3.8, 4) is 0 Å². The Balaban J connectivity index is 1.64. The number of hydrogen-bond acceptors (Lipinski definition) is 6. The maximum absolute atomic E-state index is 5.61. The van der Waals surface area contributed by atoms with Gasteiger partial charge < -0.3 is 9.64 Å². The molecule has 5 rings (SSSR count). The van der Waals surface area contributed by atoms with E-state index in [0.29, 0.717) is 11.8 Å². The van der Waals surface area contributed by atoms with Gasteiger partial charge in [-0.2, -0.15) is 10.2 Å². The summed E-state index contributed by atoms with van der Waals surface area (Å²) in [4.78, 5) is 11.9.